The lowest BCUT2D eigenvalue weighted by atomic mass is 10.1. The van der Waals surface area contributed by atoms with Gasteiger partial charge in [-0.05, 0) is 43.7 Å². The van der Waals surface area contributed by atoms with Gasteiger partial charge in [-0.25, -0.2) is 4.98 Å². The molecule has 3 aromatic rings. The second-order valence-electron chi connectivity index (χ2n) is 7.10. The molecule has 1 aromatic heterocycles. The van der Waals surface area contributed by atoms with Gasteiger partial charge in [0.2, 0.25) is 5.89 Å². The maximum atomic E-state index is 5.89. The van der Waals surface area contributed by atoms with Gasteiger partial charge in [-0.3, -0.25) is 0 Å². The Morgan fingerprint density at radius 3 is 2.37 bits per heavy atom. The van der Waals surface area contributed by atoms with Gasteiger partial charge in [-0.1, -0.05) is 44.2 Å². The van der Waals surface area contributed by atoms with E-state index in [2.05, 4.69) is 43.2 Å². The van der Waals surface area contributed by atoms with Crippen LogP contribution in [0.1, 0.15) is 43.8 Å². The number of ether oxygens (including phenoxy) is 1. The fourth-order valence-corrected chi connectivity index (χ4v) is 3.08. The van der Waals surface area contributed by atoms with Crippen molar-refractivity contribution < 1.29 is 9.15 Å². The number of aromatic nitrogens is 1. The number of nitrogens with one attached hydrogen (secondary N) is 1. The zero-order valence-electron chi connectivity index (χ0n) is 16.5. The van der Waals surface area contributed by atoms with E-state index in [0.29, 0.717) is 24.6 Å². The minimum Gasteiger partial charge on any atom is -0.493 e. The van der Waals surface area contributed by atoms with E-state index in [1.54, 1.807) is 0 Å². The fourth-order valence-electron chi connectivity index (χ4n) is 3.08. The summed E-state index contributed by atoms with van der Waals surface area (Å²) in [5.74, 6) is 2.39. The van der Waals surface area contributed by atoms with E-state index in [9.17, 15) is 0 Å². The number of aryl methyl sites for hydroxylation is 1. The van der Waals surface area contributed by atoms with Crippen molar-refractivity contribution in [2.24, 2.45) is 0 Å². The molecule has 1 N–H and O–H groups in total. The molecule has 1 atom stereocenters. The summed E-state index contributed by atoms with van der Waals surface area (Å²) in [4.78, 5) is 4.62. The molecule has 0 saturated heterocycles. The largest absolute Gasteiger partial charge is 0.493 e. The van der Waals surface area contributed by atoms with Gasteiger partial charge in [0.15, 0.2) is 0 Å². The summed E-state index contributed by atoms with van der Waals surface area (Å²) >= 11 is 0. The van der Waals surface area contributed by atoms with Crippen LogP contribution in [0.4, 0.5) is 0 Å². The summed E-state index contributed by atoms with van der Waals surface area (Å²) in [5.41, 5.74) is 3.20. The van der Waals surface area contributed by atoms with E-state index in [1.807, 2.05) is 49.4 Å². The van der Waals surface area contributed by atoms with Crippen molar-refractivity contribution in [2.45, 2.75) is 46.2 Å². The number of benzene rings is 2. The predicted octanol–water partition coefficient (Wildman–Crippen LogP) is 5.33. The molecule has 0 fully saturated rings. The van der Waals surface area contributed by atoms with E-state index >= 15 is 0 Å². The smallest absolute Gasteiger partial charge is 0.226 e. The molecule has 4 nitrogen and oxygen atoms in total. The zero-order valence-corrected chi connectivity index (χ0v) is 16.5. The molecule has 0 aliphatic rings. The van der Waals surface area contributed by atoms with Gasteiger partial charge in [-0.15, -0.1) is 0 Å². The van der Waals surface area contributed by atoms with Crippen LogP contribution in [0.25, 0.3) is 11.5 Å². The molecular formula is C23H28N2O2. The van der Waals surface area contributed by atoms with E-state index in [0.717, 1.165) is 29.2 Å². The second-order valence-corrected chi connectivity index (χ2v) is 7.10. The summed E-state index contributed by atoms with van der Waals surface area (Å²) in [6.07, 6.45) is 0.717. The molecule has 0 bridgehead atoms. The monoisotopic (exact) mass is 364 g/mol. The van der Waals surface area contributed by atoms with Gasteiger partial charge in [-0.2, -0.15) is 0 Å². The molecule has 27 heavy (non-hydrogen) atoms. The summed E-state index contributed by atoms with van der Waals surface area (Å²) in [6.45, 7) is 9.01. The topological polar surface area (TPSA) is 47.3 Å². The quantitative estimate of drug-likeness (QED) is 0.587. The van der Waals surface area contributed by atoms with Crippen LogP contribution in [0, 0.1) is 6.92 Å². The van der Waals surface area contributed by atoms with Crippen molar-refractivity contribution >= 4 is 0 Å². The molecular weight excluding hydrogens is 336 g/mol. The van der Waals surface area contributed by atoms with E-state index in [1.165, 1.54) is 5.56 Å². The third-order valence-electron chi connectivity index (χ3n) is 4.48. The number of oxazole rings is 1. The Labute approximate surface area is 161 Å². The molecule has 0 saturated carbocycles. The third kappa shape index (κ3) is 5.20. The maximum absolute atomic E-state index is 5.89. The Morgan fingerprint density at radius 1 is 1.00 bits per heavy atom. The first-order chi connectivity index (χ1) is 13.0. The van der Waals surface area contributed by atoms with Crippen molar-refractivity contribution in [3.63, 3.8) is 0 Å². The minimum absolute atomic E-state index is 0.327. The summed E-state index contributed by atoms with van der Waals surface area (Å²) in [5, 5.41) is 3.51. The Bertz CT molecular complexity index is 839. The first-order valence-corrected chi connectivity index (χ1v) is 9.53. The normalized spacial score (nSPS) is 12.3. The average Bonchev–Trinajstić information content (AvgIpc) is 3.03. The third-order valence-corrected chi connectivity index (χ3v) is 4.48. The van der Waals surface area contributed by atoms with Gasteiger partial charge in [0.05, 0.1) is 12.3 Å². The van der Waals surface area contributed by atoms with Crippen molar-refractivity contribution in [1.29, 1.82) is 0 Å². The number of nitrogens with zero attached hydrogens (tertiary/aromatic N) is 1. The summed E-state index contributed by atoms with van der Waals surface area (Å²) in [7, 11) is 0. The van der Waals surface area contributed by atoms with Gasteiger partial charge in [0, 0.05) is 24.1 Å². The van der Waals surface area contributed by atoms with Crippen molar-refractivity contribution in [3.8, 4) is 17.2 Å². The van der Waals surface area contributed by atoms with E-state index < -0.39 is 0 Å². The molecule has 0 radical (unpaired) electrons. The number of rotatable bonds is 8. The highest BCUT2D eigenvalue weighted by Crippen LogP contribution is 2.22. The first kappa shape index (κ1) is 19.2. The predicted molar refractivity (Wildman–Crippen MR) is 109 cm³/mol. The summed E-state index contributed by atoms with van der Waals surface area (Å²) in [6, 6.07) is 19.0. The zero-order chi connectivity index (χ0) is 19.2. The maximum Gasteiger partial charge on any atom is 0.226 e. The van der Waals surface area contributed by atoms with Crippen molar-refractivity contribution in [2.75, 3.05) is 6.61 Å². The van der Waals surface area contributed by atoms with Crippen LogP contribution in [0.15, 0.2) is 59.0 Å². The standard InChI is InChI=1S/C23H28N2O2/c1-16(2)24-17(3)19-10-12-21(13-11-19)26-15-14-22-18(4)27-23(25-22)20-8-6-5-7-9-20/h5-13,16-17,24H,14-15H2,1-4H3/t17-/m1/s1. The van der Waals surface area contributed by atoms with Gasteiger partial charge < -0.3 is 14.5 Å². The van der Waals surface area contributed by atoms with Crippen molar-refractivity contribution in [1.82, 2.24) is 10.3 Å². The lowest BCUT2D eigenvalue weighted by Crippen LogP contribution is -2.25. The molecule has 3 rings (SSSR count). The van der Waals surface area contributed by atoms with Gasteiger partial charge >= 0.3 is 0 Å². The lowest BCUT2D eigenvalue weighted by molar-refractivity contribution is 0.319. The SMILES string of the molecule is Cc1oc(-c2ccccc2)nc1CCOc1ccc([C@@H](C)NC(C)C)cc1. The van der Waals surface area contributed by atoms with Crippen LogP contribution in [-0.2, 0) is 6.42 Å². The Morgan fingerprint density at radius 2 is 1.70 bits per heavy atom. The highest BCUT2D eigenvalue weighted by molar-refractivity contribution is 5.53. The molecule has 142 valence electrons. The van der Waals surface area contributed by atoms with Gasteiger partial charge in [0.1, 0.15) is 11.5 Å². The van der Waals surface area contributed by atoms with Crippen LogP contribution in [0.5, 0.6) is 5.75 Å². The van der Waals surface area contributed by atoms with Crippen molar-refractivity contribution in [3.05, 3.63) is 71.6 Å². The molecule has 2 aromatic carbocycles. The molecule has 0 aliphatic carbocycles. The fraction of sp³-hybridized carbons (Fsp3) is 0.348. The number of hydrogen-bond donors (Lipinski definition) is 1. The van der Waals surface area contributed by atoms with Crippen LogP contribution in [-0.4, -0.2) is 17.6 Å². The lowest BCUT2D eigenvalue weighted by Gasteiger charge is -2.17. The Balaban J connectivity index is 1.55. The van der Waals surface area contributed by atoms with Gasteiger partial charge in [0.25, 0.3) is 0 Å². The first-order valence-electron chi connectivity index (χ1n) is 9.53. The molecule has 1 heterocycles. The molecule has 0 unspecified atom stereocenters. The Kier molecular flexibility index (Phi) is 6.30. The average molecular weight is 364 g/mol. The molecule has 0 aliphatic heterocycles. The Hall–Kier alpha value is -2.59. The second kappa shape index (κ2) is 8.87. The van der Waals surface area contributed by atoms with Crippen LogP contribution < -0.4 is 10.1 Å². The minimum atomic E-state index is 0.327. The highest BCUT2D eigenvalue weighted by atomic mass is 16.5. The van der Waals surface area contributed by atoms with Crippen LogP contribution in [0.2, 0.25) is 0 Å². The van der Waals surface area contributed by atoms with Crippen LogP contribution >= 0.6 is 0 Å². The highest BCUT2D eigenvalue weighted by Gasteiger charge is 2.11. The van der Waals surface area contributed by atoms with Crippen LogP contribution in [0.3, 0.4) is 0 Å². The molecule has 0 spiro atoms. The van der Waals surface area contributed by atoms with E-state index in [-0.39, 0.29) is 0 Å². The van der Waals surface area contributed by atoms with E-state index in [4.69, 9.17) is 9.15 Å². The molecule has 0 amide bonds. The number of hydrogen-bond acceptors (Lipinski definition) is 4. The molecule has 4 heteroatoms. The summed E-state index contributed by atoms with van der Waals surface area (Å²) < 4.78 is 11.7.